The average molecular weight is 546 g/mol. The largest absolute Gasteiger partial charge is 0.573 e. The first-order valence-corrected chi connectivity index (χ1v) is 11.6. The summed E-state index contributed by atoms with van der Waals surface area (Å²) in [6, 6.07) is 8.55. The molecule has 0 saturated heterocycles. The highest BCUT2D eigenvalue weighted by atomic mass is 35.5. The van der Waals surface area contributed by atoms with Crippen molar-refractivity contribution in [3.8, 4) is 11.5 Å². The summed E-state index contributed by atoms with van der Waals surface area (Å²) in [7, 11) is 1.64. The summed E-state index contributed by atoms with van der Waals surface area (Å²) >= 11 is 5.93. The smallest absolute Gasteiger partial charge is 0.491 e. The first-order chi connectivity index (χ1) is 17.7. The number of rotatable bonds is 13. The number of ether oxygens (including phenoxy) is 3. The van der Waals surface area contributed by atoms with E-state index in [1.165, 1.54) is 24.4 Å². The number of carbonyl (C=O) groups is 1. The molecule has 0 bridgehead atoms. The van der Waals surface area contributed by atoms with Crippen LogP contribution in [-0.2, 0) is 16.1 Å². The molecule has 1 aliphatic rings. The van der Waals surface area contributed by atoms with Gasteiger partial charge in [0.25, 0.3) is 5.91 Å². The van der Waals surface area contributed by atoms with E-state index in [0.717, 1.165) is 6.07 Å². The molecule has 1 atom stereocenters. The number of aromatic nitrogens is 1. The monoisotopic (exact) mass is 545 g/mol. The third kappa shape index (κ3) is 8.58. The molecule has 2 heterocycles. The van der Waals surface area contributed by atoms with E-state index in [2.05, 4.69) is 25.7 Å². The molecule has 37 heavy (non-hydrogen) atoms. The van der Waals surface area contributed by atoms with Gasteiger partial charge in [-0.05, 0) is 30.7 Å². The molecular formula is C23H27ClF3N5O5. The van der Waals surface area contributed by atoms with Crippen LogP contribution in [0, 0.1) is 0 Å². The Labute approximate surface area is 216 Å². The molecular weight excluding hydrogens is 519 g/mol. The average Bonchev–Trinajstić information content (AvgIpc) is 3.19. The van der Waals surface area contributed by atoms with Crippen molar-refractivity contribution in [3.63, 3.8) is 0 Å². The van der Waals surface area contributed by atoms with E-state index in [9.17, 15) is 18.0 Å². The maximum absolute atomic E-state index is 12.9. The Hall–Kier alpha value is -3.42. The second kappa shape index (κ2) is 13.2. The molecule has 4 N–H and O–H groups in total. The van der Waals surface area contributed by atoms with Gasteiger partial charge in [-0.2, -0.15) is 0 Å². The maximum atomic E-state index is 12.9. The molecule has 1 unspecified atom stereocenters. The normalized spacial score (nSPS) is 15.4. The van der Waals surface area contributed by atoms with Crippen molar-refractivity contribution >= 4 is 17.5 Å². The van der Waals surface area contributed by atoms with Crippen molar-refractivity contribution in [2.24, 2.45) is 0 Å². The Morgan fingerprint density at radius 2 is 2.03 bits per heavy atom. The molecule has 1 aliphatic heterocycles. The summed E-state index contributed by atoms with van der Waals surface area (Å²) in [6.07, 6.45) is -3.71. The Kier molecular flexibility index (Phi) is 10.1. The van der Waals surface area contributed by atoms with Gasteiger partial charge >= 0.3 is 6.36 Å². The van der Waals surface area contributed by atoms with Crippen LogP contribution in [-0.4, -0.2) is 67.0 Å². The van der Waals surface area contributed by atoms with E-state index >= 15 is 0 Å². The topological polar surface area (TPSA) is 117 Å². The molecule has 1 aromatic heterocycles. The van der Waals surface area contributed by atoms with E-state index in [1.54, 1.807) is 24.1 Å². The number of hydrogen-bond donors (Lipinski definition) is 4. The summed E-state index contributed by atoms with van der Waals surface area (Å²) in [4.78, 5) is 18.9. The number of hydrogen-bond acceptors (Lipinski definition) is 9. The van der Waals surface area contributed by atoms with Gasteiger partial charge in [-0.1, -0.05) is 17.7 Å². The predicted octanol–water partition coefficient (Wildman–Crippen LogP) is 2.31. The van der Waals surface area contributed by atoms with Gasteiger partial charge in [0.15, 0.2) is 0 Å². The second-order valence-electron chi connectivity index (χ2n) is 7.64. The van der Waals surface area contributed by atoms with Gasteiger partial charge in [0.1, 0.15) is 29.6 Å². The minimum absolute atomic E-state index is 0.00754. The standard InChI is InChI=1S/C23H27ClF3N5O5/c1-28-20-19(21(34)29-8-3-9-33)32(14-16-7-6-15(24)13-30-16)22(31-20)36-11-10-35-17-4-2-5-18(12-17)37-23(25,26)27/h2,4-7,12-13,22,28,31,33H,3,8-11,14H2,1H3,(H,29,34). The van der Waals surface area contributed by atoms with Crippen LogP contribution in [0.15, 0.2) is 54.1 Å². The van der Waals surface area contributed by atoms with E-state index in [-0.39, 0.29) is 50.3 Å². The SMILES string of the molecule is CNC1=C(C(=O)NCCCO)N(Cc2ccc(Cl)cn2)C(OCCOc2cccc(OC(F)(F)F)c2)N1. The summed E-state index contributed by atoms with van der Waals surface area (Å²) in [5, 5.41) is 18.3. The van der Waals surface area contributed by atoms with Crippen molar-refractivity contribution in [3.05, 3.63) is 64.8 Å². The minimum atomic E-state index is -4.81. The first-order valence-electron chi connectivity index (χ1n) is 11.2. The van der Waals surface area contributed by atoms with Crippen molar-refractivity contribution in [2.75, 3.05) is 33.4 Å². The lowest BCUT2D eigenvalue weighted by atomic mass is 10.3. The van der Waals surface area contributed by atoms with Gasteiger partial charge in [-0.15, -0.1) is 13.2 Å². The number of halogens is 4. The number of alkyl halides is 3. The van der Waals surface area contributed by atoms with Crippen molar-refractivity contribution < 1.29 is 37.3 Å². The van der Waals surface area contributed by atoms with Gasteiger partial charge in [0.2, 0.25) is 6.35 Å². The summed E-state index contributed by atoms with van der Waals surface area (Å²) in [5.74, 6) is -0.198. The van der Waals surface area contributed by atoms with Crippen LogP contribution in [0.5, 0.6) is 11.5 Å². The summed E-state index contributed by atoms with van der Waals surface area (Å²) in [6.45, 7) is 0.447. The Balaban J connectivity index is 1.66. The van der Waals surface area contributed by atoms with Gasteiger partial charge < -0.3 is 40.2 Å². The van der Waals surface area contributed by atoms with Crippen LogP contribution in [0.1, 0.15) is 12.1 Å². The molecule has 1 aromatic carbocycles. The highest BCUT2D eigenvalue weighted by molar-refractivity contribution is 6.30. The van der Waals surface area contributed by atoms with E-state index in [1.807, 2.05) is 0 Å². The number of aliphatic hydroxyl groups excluding tert-OH is 1. The zero-order valence-electron chi connectivity index (χ0n) is 19.8. The molecule has 0 spiro atoms. The van der Waals surface area contributed by atoms with E-state index < -0.39 is 18.5 Å². The van der Waals surface area contributed by atoms with Crippen LogP contribution in [0.4, 0.5) is 13.2 Å². The lowest BCUT2D eigenvalue weighted by Crippen LogP contribution is -2.43. The molecule has 0 radical (unpaired) electrons. The fraction of sp³-hybridized carbons (Fsp3) is 0.391. The number of amides is 1. The molecule has 14 heteroatoms. The maximum Gasteiger partial charge on any atom is 0.573 e. The zero-order chi connectivity index (χ0) is 26.8. The van der Waals surface area contributed by atoms with Crippen LogP contribution < -0.4 is 25.4 Å². The van der Waals surface area contributed by atoms with Crippen LogP contribution in [0.25, 0.3) is 0 Å². The fourth-order valence-corrected chi connectivity index (χ4v) is 3.49. The Morgan fingerprint density at radius 1 is 1.24 bits per heavy atom. The van der Waals surface area contributed by atoms with E-state index in [0.29, 0.717) is 23.0 Å². The predicted molar refractivity (Wildman–Crippen MR) is 127 cm³/mol. The van der Waals surface area contributed by atoms with Crippen molar-refractivity contribution in [1.29, 1.82) is 0 Å². The van der Waals surface area contributed by atoms with Crippen LogP contribution in [0.3, 0.4) is 0 Å². The van der Waals surface area contributed by atoms with Crippen LogP contribution in [0.2, 0.25) is 5.02 Å². The third-order valence-electron chi connectivity index (χ3n) is 4.95. The van der Waals surface area contributed by atoms with Crippen LogP contribution >= 0.6 is 11.6 Å². The molecule has 10 nitrogen and oxygen atoms in total. The number of nitrogens with zero attached hydrogens (tertiary/aromatic N) is 2. The summed E-state index contributed by atoms with van der Waals surface area (Å²) < 4.78 is 52.6. The lowest BCUT2D eigenvalue weighted by Gasteiger charge is -2.28. The third-order valence-corrected chi connectivity index (χ3v) is 5.17. The van der Waals surface area contributed by atoms with Crippen molar-refractivity contribution in [1.82, 2.24) is 25.8 Å². The Bertz CT molecular complexity index is 1070. The zero-order valence-corrected chi connectivity index (χ0v) is 20.6. The Morgan fingerprint density at radius 3 is 2.70 bits per heavy atom. The first kappa shape index (κ1) is 28.2. The van der Waals surface area contributed by atoms with Crippen molar-refractivity contribution in [2.45, 2.75) is 25.7 Å². The quantitative estimate of drug-likeness (QED) is 0.281. The number of nitrogens with one attached hydrogen (secondary N) is 3. The van der Waals surface area contributed by atoms with Gasteiger partial charge in [-0.3, -0.25) is 9.78 Å². The highest BCUT2D eigenvalue weighted by Gasteiger charge is 2.36. The molecule has 0 aliphatic carbocycles. The van der Waals surface area contributed by atoms with Gasteiger partial charge in [-0.25, -0.2) is 0 Å². The number of pyridine rings is 1. The second-order valence-corrected chi connectivity index (χ2v) is 8.08. The molecule has 0 fully saturated rings. The van der Waals surface area contributed by atoms with Gasteiger partial charge in [0.05, 0.1) is 23.9 Å². The number of benzene rings is 1. The van der Waals surface area contributed by atoms with Gasteiger partial charge in [0, 0.05) is 32.5 Å². The minimum Gasteiger partial charge on any atom is -0.491 e. The molecule has 3 rings (SSSR count). The summed E-state index contributed by atoms with van der Waals surface area (Å²) in [5.41, 5.74) is 0.899. The molecule has 2 aromatic rings. The highest BCUT2D eigenvalue weighted by Crippen LogP contribution is 2.26. The van der Waals surface area contributed by atoms with E-state index in [4.69, 9.17) is 26.2 Å². The molecule has 1 amide bonds. The fourth-order valence-electron chi connectivity index (χ4n) is 3.38. The molecule has 202 valence electrons. The lowest BCUT2D eigenvalue weighted by molar-refractivity contribution is -0.274. The molecule has 0 saturated carbocycles. The number of carbonyl (C=O) groups excluding carboxylic acids is 1. The number of aliphatic hydroxyl groups is 1.